The van der Waals surface area contributed by atoms with Crippen LogP contribution >= 0.6 is 0 Å². The molecular weight excluding hydrogens is 210 g/mol. The van der Waals surface area contributed by atoms with Crippen molar-refractivity contribution in [2.75, 3.05) is 13.2 Å². The van der Waals surface area contributed by atoms with Crippen LogP contribution in [-0.2, 0) is 0 Å². The molecule has 1 rings (SSSR count). The van der Waals surface area contributed by atoms with Gasteiger partial charge in [-0.25, -0.2) is 0 Å². The van der Waals surface area contributed by atoms with Gasteiger partial charge in [0.2, 0.25) is 0 Å². The normalized spacial score (nSPS) is 30.5. The number of aliphatic hydroxyl groups excluding tert-OH is 1. The van der Waals surface area contributed by atoms with Crippen LogP contribution < -0.4 is 5.32 Å². The third-order valence-corrected chi connectivity index (χ3v) is 4.56. The molecule has 0 bridgehead atoms. The van der Waals surface area contributed by atoms with E-state index in [4.69, 9.17) is 5.11 Å². The predicted octanol–water partition coefficient (Wildman–Crippen LogP) is 3.20. The fourth-order valence-electron chi connectivity index (χ4n) is 2.92. The molecule has 0 spiro atoms. The van der Waals surface area contributed by atoms with Gasteiger partial charge in [-0.1, -0.05) is 40.5 Å². The zero-order valence-electron chi connectivity index (χ0n) is 12.1. The fourth-order valence-corrected chi connectivity index (χ4v) is 2.92. The van der Waals surface area contributed by atoms with Crippen molar-refractivity contribution < 1.29 is 5.11 Å². The van der Waals surface area contributed by atoms with E-state index in [1.54, 1.807) is 0 Å². The zero-order chi connectivity index (χ0) is 12.9. The third-order valence-electron chi connectivity index (χ3n) is 4.56. The summed E-state index contributed by atoms with van der Waals surface area (Å²) >= 11 is 0. The van der Waals surface area contributed by atoms with Gasteiger partial charge in [0.05, 0.1) is 0 Å². The maximum atomic E-state index is 8.90. The first-order chi connectivity index (χ1) is 7.96. The lowest BCUT2D eigenvalue weighted by Gasteiger charge is -2.37. The quantitative estimate of drug-likeness (QED) is 0.748. The molecule has 0 saturated heterocycles. The van der Waals surface area contributed by atoms with Crippen LogP contribution in [0.2, 0.25) is 0 Å². The average Bonchev–Trinajstić information content (AvgIpc) is 2.29. The summed E-state index contributed by atoms with van der Waals surface area (Å²) < 4.78 is 0. The molecule has 2 N–H and O–H groups in total. The van der Waals surface area contributed by atoms with Gasteiger partial charge in [-0.15, -0.1) is 0 Å². The first kappa shape index (κ1) is 15.0. The minimum absolute atomic E-state index is 0.309. The monoisotopic (exact) mass is 241 g/mol. The molecule has 17 heavy (non-hydrogen) atoms. The van der Waals surface area contributed by atoms with Crippen LogP contribution in [0.1, 0.15) is 59.8 Å². The molecule has 0 aromatic carbocycles. The van der Waals surface area contributed by atoms with Crippen molar-refractivity contribution in [3.63, 3.8) is 0 Å². The maximum absolute atomic E-state index is 8.90. The lowest BCUT2D eigenvalue weighted by atomic mass is 9.77. The first-order valence-electron chi connectivity index (χ1n) is 7.30. The SMILES string of the molecule is CC1CCCC(NCC(C)(C)CCCO)C1C. The highest BCUT2D eigenvalue weighted by molar-refractivity contribution is 4.84. The Bertz CT molecular complexity index is 215. The van der Waals surface area contributed by atoms with Crippen LogP contribution in [0, 0.1) is 17.3 Å². The van der Waals surface area contributed by atoms with Gasteiger partial charge in [0.25, 0.3) is 0 Å². The summed E-state index contributed by atoms with van der Waals surface area (Å²) in [5.74, 6) is 1.67. The molecule has 1 aliphatic rings. The molecule has 102 valence electrons. The van der Waals surface area contributed by atoms with E-state index in [-0.39, 0.29) is 0 Å². The van der Waals surface area contributed by atoms with E-state index in [1.807, 2.05) is 0 Å². The number of aliphatic hydroxyl groups is 1. The van der Waals surface area contributed by atoms with Crippen LogP contribution in [0.15, 0.2) is 0 Å². The van der Waals surface area contributed by atoms with Gasteiger partial charge < -0.3 is 10.4 Å². The molecule has 0 radical (unpaired) electrons. The minimum atomic E-state index is 0.309. The second-order valence-electron chi connectivity index (χ2n) is 6.75. The third kappa shape index (κ3) is 4.97. The lowest BCUT2D eigenvalue weighted by molar-refractivity contribution is 0.178. The van der Waals surface area contributed by atoms with Crippen molar-refractivity contribution >= 4 is 0 Å². The molecule has 0 heterocycles. The maximum Gasteiger partial charge on any atom is 0.0431 e. The second kappa shape index (κ2) is 6.75. The Morgan fingerprint density at radius 3 is 2.59 bits per heavy atom. The topological polar surface area (TPSA) is 32.3 Å². The van der Waals surface area contributed by atoms with E-state index in [2.05, 4.69) is 33.0 Å². The van der Waals surface area contributed by atoms with Gasteiger partial charge in [0.1, 0.15) is 0 Å². The second-order valence-corrected chi connectivity index (χ2v) is 6.75. The summed E-state index contributed by atoms with van der Waals surface area (Å²) in [6.07, 6.45) is 6.13. The molecule has 2 heteroatoms. The van der Waals surface area contributed by atoms with E-state index in [0.29, 0.717) is 18.1 Å². The molecule has 0 amide bonds. The number of rotatable bonds is 6. The smallest absolute Gasteiger partial charge is 0.0431 e. The van der Waals surface area contributed by atoms with Crippen LogP contribution in [0.4, 0.5) is 0 Å². The molecule has 0 aromatic rings. The summed E-state index contributed by atoms with van der Waals surface area (Å²) in [7, 11) is 0. The van der Waals surface area contributed by atoms with Crippen molar-refractivity contribution in [2.24, 2.45) is 17.3 Å². The summed E-state index contributed by atoms with van der Waals surface area (Å²) in [4.78, 5) is 0. The van der Waals surface area contributed by atoms with Crippen molar-refractivity contribution in [2.45, 2.75) is 65.8 Å². The molecule has 1 fully saturated rings. The highest BCUT2D eigenvalue weighted by Crippen LogP contribution is 2.30. The van der Waals surface area contributed by atoms with E-state index in [0.717, 1.165) is 31.2 Å². The van der Waals surface area contributed by atoms with Crippen LogP contribution in [-0.4, -0.2) is 24.3 Å². The van der Waals surface area contributed by atoms with Crippen LogP contribution in [0.5, 0.6) is 0 Å². The zero-order valence-corrected chi connectivity index (χ0v) is 12.1. The van der Waals surface area contributed by atoms with Gasteiger partial charge in [0.15, 0.2) is 0 Å². The Morgan fingerprint density at radius 1 is 1.24 bits per heavy atom. The standard InChI is InChI=1S/C15H31NO/c1-12-7-5-8-14(13(12)2)16-11-15(3,4)9-6-10-17/h12-14,16-17H,5-11H2,1-4H3. The molecule has 2 nitrogen and oxygen atoms in total. The Kier molecular flexibility index (Phi) is 5.94. The summed E-state index contributed by atoms with van der Waals surface area (Å²) in [5, 5.41) is 12.7. The van der Waals surface area contributed by atoms with Crippen LogP contribution in [0.3, 0.4) is 0 Å². The number of hydrogen-bond acceptors (Lipinski definition) is 2. The van der Waals surface area contributed by atoms with Gasteiger partial charge in [-0.05, 0) is 36.5 Å². The van der Waals surface area contributed by atoms with Crippen LogP contribution in [0.25, 0.3) is 0 Å². The summed E-state index contributed by atoms with van der Waals surface area (Å²) in [5.41, 5.74) is 0.309. The Labute approximate surface area is 107 Å². The van der Waals surface area contributed by atoms with E-state index < -0.39 is 0 Å². The van der Waals surface area contributed by atoms with Gasteiger partial charge >= 0.3 is 0 Å². The van der Waals surface area contributed by atoms with Crippen molar-refractivity contribution in [1.82, 2.24) is 5.32 Å². The molecule has 1 aliphatic carbocycles. The van der Waals surface area contributed by atoms with E-state index in [1.165, 1.54) is 19.3 Å². The number of hydrogen-bond donors (Lipinski definition) is 2. The van der Waals surface area contributed by atoms with Crippen molar-refractivity contribution in [1.29, 1.82) is 0 Å². The van der Waals surface area contributed by atoms with E-state index in [9.17, 15) is 0 Å². The van der Waals surface area contributed by atoms with Crippen molar-refractivity contribution in [3.05, 3.63) is 0 Å². The Balaban J connectivity index is 2.33. The molecule has 3 unspecified atom stereocenters. The van der Waals surface area contributed by atoms with Gasteiger partial charge in [-0.2, -0.15) is 0 Å². The lowest BCUT2D eigenvalue weighted by Crippen LogP contribution is -2.44. The van der Waals surface area contributed by atoms with E-state index >= 15 is 0 Å². The molecule has 1 saturated carbocycles. The fraction of sp³-hybridized carbons (Fsp3) is 1.00. The number of nitrogens with one attached hydrogen (secondary N) is 1. The van der Waals surface area contributed by atoms with Gasteiger partial charge in [0, 0.05) is 19.2 Å². The Hall–Kier alpha value is -0.0800. The average molecular weight is 241 g/mol. The molecule has 0 aliphatic heterocycles. The van der Waals surface area contributed by atoms with Crippen molar-refractivity contribution in [3.8, 4) is 0 Å². The molecular formula is C15H31NO. The predicted molar refractivity (Wildman–Crippen MR) is 74.1 cm³/mol. The summed E-state index contributed by atoms with van der Waals surface area (Å²) in [6, 6.07) is 0.701. The Morgan fingerprint density at radius 2 is 1.94 bits per heavy atom. The largest absolute Gasteiger partial charge is 0.396 e. The van der Waals surface area contributed by atoms with Gasteiger partial charge in [-0.3, -0.25) is 0 Å². The minimum Gasteiger partial charge on any atom is -0.396 e. The molecule has 3 atom stereocenters. The summed E-state index contributed by atoms with van der Waals surface area (Å²) in [6.45, 7) is 10.8. The molecule has 0 aromatic heterocycles. The highest BCUT2D eigenvalue weighted by atomic mass is 16.2. The highest BCUT2D eigenvalue weighted by Gasteiger charge is 2.28. The first-order valence-corrected chi connectivity index (χ1v) is 7.30.